The summed E-state index contributed by atoms with van der Waals surface area (Å²) in [5, 5.41) is 6.75. The van der Waals surface area contributed by atoms with Crippen LogP contribution in [-0.4, -0.2) is 24.5 Å². The summed E-state index contributed by atoms with van der Waals surface area (Å²) in [4.78, 5) is 12.6. The summed E-state index contributed by atoms with van der Waals surface area (Å²) in [6.07, 6.45) is 5.47. The number of nitrogens with one attached hydrogen (secondary N) is 2. The van der Waals surface area contributed by atoms with Gasteiger partial charge in [-0.2, -0.15) is 0 Å². The highest BCUT2D eigenvalue weighted by Gasteiger charge is 2.61. The van der Waals surface area contributed by atoms with Crippen LogP contribution in [0.3, 0.4) is 0 Å². The Bertz CT molecular complexity index is 570. The zero-order valence-electron chi connectivity index (χ0n) is 12.7. The third kappa shape index (κ3) is 2.18. The number of hydrogen-bond donors (Lipinski definition) is 2. The molecule has 4 unspecified atom stereocenters. The Morgan fingerprint density at radius 3 is 3.10 bits per heavy atom. The summed E-state index contributed by atoms with van der Waals surface area (Å²) in [7, 11) is 0. The minimum absolute atomic E-state index is 0.180. The van der Waals surface area contributed by atoms with Gasteiger partial charge in [-0.3, -0.25) is 4.79 Å². The molecule has 1 aliphatic heterocycles. The summed E-state index contributed by atoms with van der Waals surface area (Å²) in [6.45, 7) is 3.22. The fourth-order valence-corrected chi connectivity index (χ4v) is 4.50. The molecular formula is C18H24N2O. The third-order valence-electron chi connectivity index (χ3n) is 5.76. The second-order valence-electron chi connectivity index (χ2n) is 7.16. The number of rotatable bonds is 2. The fourth-order valence-electron chi connectivity index (χ4n) is 4.50. The first kappa shape index (κ1) is 13.3. The summed E-state index contributed by atoms with van der Waals surface area (Å²) in [6, 6.07) is 9.58. The maximum atomic E-state index is 12.6. The molecule has 3 heteroatoms. The maximum Gasteiger partial charge on any atom is 0.224 e. The molecule has 3 nitrogen and oxygen atoms in total. The second-order valence-corrected chi connectivity index (χ2v) is 7.16. The Hall–Kier alpha value is -1.35. The van der Waals surface area contributed by atoms with Crippen LogP contribution in [0.2, 0.25) is 0 Å². The van der Waals surface area contributed by atoms with Crippen molar-refractivity contribution in [2.75, 3.05) is 6.54 Å². The Kier molecular flexibility index (Phi) is 3.07. The van der Waals surface area contributed by atoms with Gasteiger partial charge in [0.25, 0.3) is 0 Å². The highest BCUT2D eigenvalue weighted by Crippen LogP contribution is 2.61. The van der Waals surface area contributed by atoms with Crippen LogP contribution in [0.4, 0.5) is 0 Å². The largest absolute Gasteiger partial charge is 0.353 e. The highest BCUT2D eigenvalue weighted by molar-refractivity contribution is 5.85. The fraction of sp³-hybridized carbons (Fsp3) is 0.611. The van der Waals surface area contributed by atoms with Crippen LogP contribution in [0.15, 0.2) is 24.3 Å². The molecule has 1 aromatic rings. The zero-order valence-corrected chi connectivity index (χ0v) is 12.7. The SMILES string of the molecule is CC1CC(NC(=O)C2CC23CCc2ccccc23)CCN1. The van der Waals surface area contributed by atoms with Crippen LogP contribution < -0.4 is 10.6 Å². The van der Waals surface area contributed by atoms with E-state index in [4.69, 9.17) is 0 Å². The number of piperidine rings is 1. The normalized spacial score (nSPS) is 37.3. The lowest BCUT2D eigenvalue weighted by atomic mass is 9.94. The van der Waals surface area contributed by atoms with Crippen molar-refractivity contribution >= 4 is 5.91 Å². The molecule has 1 saturated carbocycles. The van der Waals surface area contributed by atoms with Crippen molar-refractivity contribution in [1.82, 2.24) is 10.6 Å². The van der Waals surface area contributed by atoms with E-state index >= 15 is 0 Å². The molecule has 4 atom stereocenters. The van der Waals surface area contributed by atoms with Crippen molar-refractivity contribution in [1.29, 1.82) is 0 Å². The van der Waals surface area contributed by atoms with Gasteiger partial charge in [0.1, 0.15) is 0 Å². The van der Waals surface area contributed by atoms with E-state index < -0.39 is 0 Å². The number of benzene rings is 1. The van der Waals surface area contributed by atoms with Crippen LogP contribution >= 0.6 is 0 Å². The predicted molar refractivity (Wildman–Crippen MR) is 83.2 cm³/mol. The number of carbonyl (C=O) groups is 1. The van der Waals surface area contributed by atoms with Gasteiger partial charge in [-0.1, -0.05) is 24.3 Å². The average molecular weight is 284 g/mol. The third-order valence-corrected chi connectivity index (χ3v) is 5.76. The molecule has 1 spiro atoms. The molecule has 3 aliphatic rings. The first-order valence-electron chi connectivity index (χ1n) is 8.31. The highest BCUT2D eigenvalue weighted by atomic mass is 16.2. The molecule has 0 bridgehead atoms. The van der Waals surface area contributed by atoms with Crippen molar-refractivity contribution in [3.8, 4) is 0 Å². The van der Waals surface area contributed by atoms with Crippen LogP contribution in [0, 0.1) is 5.92 Å². The summed E-state index contributed by atoms with van der Waals surface area (Å²) < 4.78 is 0. The summed E-state index contributed by atoms with van der Waals surface area (Å²) in [5.41, 5.74) is 3.09. The minimum atomic E-state index is 0.180. The van der Waals surface area contributed by atoms with Crippen molar-refractivity contribution in [3.05, 3.63) is 35.4 Å². The molecule has 1 saturated heterocycles. The van der Waals surface area contributed by atoms with Gasteiger partial charge in [-0.25, -0.2) is 0 Å². The summed E-state index contributed by atoms with van der Waals surface area (Å²) in [5.74, 6) is 0.511. The van der Waals surface area contributed by atoms with E-state index in [0.29, 0.717) is 18.0 Å². The van der Waals surface area contributed by atoms with E-state index in [-0.39, 0.29) is 11.3 Å². The Morgan fingerprint density at radius 1 is 1.38 bits per heavy atom. The summed E-state index contributed by atoms with van der Waals surface area (Å²) >= 11 is 0. The number of hydrogen-bond acceptors (Lipinski definition) is 2. The molecule has 0 radical (unpaired) electrons. The first-order chi connectivity index (χ1) is 10.2. The van der Waals surface area contributed by atoms with Crippen molar-refractivity contribution < 1.29 is 4.79 Å². The van der Waals surface area contributed by atoms with Gasteiger partial charge in [0.2, 0.25) is 5.91 Å². The van der Waals surface area contributed by atoms with E-state index in [0.717, 1.165) is 38.6 Å². The van der Waals surface area contributed by atoms with Crippen molar-refractivity contribution in [2.45, 2.75) is 56.5 Å². The monoisotopic (exact) mass is 284 g/mol. The predicted octanol–water partition coefficient (Wildman–Crippen LogP) is 2.15. The topological polar surface area (TPSA) is 41.1 Å². The molecule has 2 N–H and O–H groups in total. The zero-order chi connectivity index (χ0) is 14.4. The van der Waals surface area contributed by atoms with Crippen LogP contribution in [0.25, 0.3) is 0 Å². The van der Waals surface area contributed by atoms with Crippen LogP contribution in [0.5, 0.6) is 0 Å². The minimum Gasteiger partial charge on any atom is -0.353 e. The van der Waals surface area contributed by atoms with Crippen molar-refractivity contribution in [3.63, 3.8) is 0 Å². The number of fused-ring (bicyclic) bond motifs is 2. The lowest BCUT2D eigenvalue weighted by Gasteiger charge is -2.29. The quantitative estimate of drug-likeness (QED) is 0.873. The molecule has 1 amide bonds. The first-order valence-corrected chi connectivity index (χ1v) is 8.31. The van der Waals surface area contributed by atoms with E-state index in [9.17, 15) is 4.79 Å². The molecule has 21 heavy (non-hydrogen) atoms. The maximum absolute atomic E-state index is 12.6. The van der Waals surface area contributed by atoms with Gasteiger partial charge in [0.15, 0.2) is 0 Å². The molecule has 1 heterocycles. The van der Waals surface area contributed by atoms with E-state index in [2.05, 4.69) is 41.8 Å². The van der Waals surface area contributed by atoms with Gasteiger partial charge in [-0.05, 0) is 56.7 Å². The van der Waals surface area contributed by atoms with Crippen LogP contribution in [-0.2, 0) is 16.6 Å². The average Bonchev–Trinajstić information content (AvgIpc) is 3.10. The Labute approximate surface area is 126 Å². The standard InChI is InChI=1S/C18H24N2O/c1-12-10-14(7-9-19-12)20-17(21)16-11-18(16)8-6-13-4-2-3-5-15(13)18/h2-5,12,14,16,19H,6-11H2,1H3,(H,20,21). The molecule has 4 rings (SSSR count). The molecule has 0 aromatic heterocycles. The smallest absolute Gasteiger partial charge is 0.224 e. The molecule has 2 aliphatic carbocycles. The van der Waals surface area contributed by atoms with Gasteiger partial charge in [-0.15, -0.1) is 0 Å². The second kappa shape index (κ2) is 4.84. The van der Waals surface area contributed by atoms with Gasteiger partial charge < -0.3 is 10.6 Å². The Morgan fingerprint density at radius 2 is 2.24 bits per heavy atom. The Balaban J connectivity index is 1.44. The van der Waals surface area contributed by atoms with Crippen LogP contribution in [0.1, 0.15) is 43.7 Å². The molecule has 1 aromatic carbocycles. The number of aryl methyl sites for hydroxylation is 1. The molecular weight excluding hydrogens is 260 g/mol. The van der Waals surface area contributed by atoms with E-state index in [1.807, 2.05) is 0 Å². The van der Waals surface area contributed by atoms with Crippen molar-refractivity contribution in [2.24, 2.45) is 5.92 Å². The number of amides is 1. The van der Waals surface area contributed by atoms with E-state index in [1.165, 1.54) is 11.1 Å². The lowest BCUT2D eigenvalue weighted by Crippen LogP contribution is -2.47. The lowest BCUT2D eigenvalue weighted by molar-refractivity contribution is -0.123. The van der Waals surface area contributed by atoms with Gasteiger partial charge in [0, 0.05) is 23.4 Å². The molecule has 112 valence electrons. The van der Waals surface area contributed by atoms with Gasteiger partial charge >= 0.3 is 0 Å². The molecule has 2 fully saturated rings. The number of carbonyl (C=O) groups excluding carboxylic acids is 1. The van der Waals surface area contributed by atoms with Gasteiger partial charge in [0.05, 0.1) is 0 Å². The van der Waals surface area contributed by atoms with E-state index in [1.54, 1.807) is 0 Å².